The molecule has 10 radical (unpaired) electrons. The van der Waals surface area contributed by atoms with Gasteiger partial charge in [0.2, 0.25) is 0 Å². The molecule has 0 saturated heterocycles. The normalized spacial score (nSPS) is 16.2. The minimum atomic E-state index is 0. The van der Waals surface area contributed by atoms with Gasteiger partial charge in [-0.3, -0.25) is 0 Å². The Morgan fingerprint density at radius 1 is 0.800 bits per heavy atom. The van der Waals surface area contributed by atoms with Gasteiger partial charge in [-0.05, 0) is 70.6 Å². The largest absolute Gasteiger partial charge is 2.00 e. The summed E-state index contributed by atoms with van der Waals surface area (Å²) in [6.07, 6.45) is 27.9. The number of hydrogen-bond acceptors (Lipinski definition) is 0. The van der Waals surface area contributed by atoms with Crippen LogP contribution in [-0.4, -0.2) is 0 Å². The maximum atomic E-state index is 3.94. The molecule has 1 aromatic rings. The second-order valence-electron chi connectivity index (χ2n) is 5.37. The molecular formula is C24H28Zr. The van der Waals surface area contributed by atoms with E-state index in [9.17, 15) is 0 Å². The van der Waals surface area contributed by atoms with E-state index in [1.54, 1.807) is 0 Å². The second-order valence-corrected chi connectivity index (χ2v) is 5.37. The zero-order chi connectivity index (χ0) is 17.3. The molecule has 25 heavy (non-hydrogen) atoms. The average Bonchev–Trinajstić information content (AvgIpc) is 3.38. The third-order valence-corrected chi connectivity index (χ3v) is 3.34. The molecule has 0 bridgehead atoms. The van der Waals surface area contributed by atoms with Crippen LogP contribution in [0.3, 0.4) is 0 Å². The summed E-state index contributed by atoms with van der Waals surface area (Å²) in [5.74, 6) is 0. The van der Waals surface area contributed by atoms with Crippen molar-refractivity contribution in [2.45, 2.75) is 32.6 Å². The molecule has 2 aliphatic rings. The van der Waals surface area contributed by atoms with E-state index in [1.165, 1.54) is 24.0 Å². The Kier molecular flexibility index (Phi) is 18.5. The fourth-order valence-electron chi connectivity index (χ4n) is 2.01. The summed E-state index contributed by atoms with van der Waals surface area (Å²) in [6.45, 7) is 6.15. The van der Waals surface area contributed by atoms with Crippen LogP contribution in [0.2, 0.25) is 0 Å². The summed E-state index contributed by atoms with van der Waals surface area (Å²) < 4.78 is 0. The molecule has 1 heteroatoms. The third-order valence-electron chi connectivity index (χ3n) is 3.34. The standard InChI is InChI=1S/C14H18.2C5H5.Zr/c1-3-5-9-13(4-2)12-14-10-7-6-8-11-14;2*1-2-4-5-3-1;/h6-8,10-11H,2-5,9H2,1H3;2*1-5H;/q-2;;;+2. The van der Waals surface area contributed by atoms with Gasteiger partial charge in [-0.2, -0.15) is 35.8 Å². The zero-order valence-corrected chi connectivity index (χ0v) is 17.7. The predicted octanol–water partition coefficient (Wildman–Crippen LogP) is 6.22. The average molecular weight is 408 g/mol. The molecule has 0 unspecified atom stereocenters. The predicted molar refractivity (Wildman–Crippen MR) is 105 cm³/mol. The first-order valence-electron chi connectivity index (χ1n) is 8.66. The van der Waals surface area contributed by atoms with Crippen molar-refractivity contribution in [3.05, 3.63) is 119 Å². The van der Waals surface area contributed by atoms with Gasteiger partial charge in [0.15, 0.2) is 0 Å². The van der Waals surface area contributed by atoms with Crippen LogP contribution in [0.25, 0.3) is 0 Å². The molecule has 0 N–H and O–H groups in total. The van der Waals surface area contributed by atoms with E-state index in [2.05, 4.69) is 32.1 Å². The van der Waals surface area contributed by atoms with Gasteiger partial charge >= 0.3 is 26.2 Å². The van der Waals surface area contributed by atoms with Crippen LogP contribution in [0.5, 0.6) is 0 Å². The Balaban J connectivity index is 0.000000425. The van der Waals surface area contributed by atoms with Crippen LogP contribution in [-0.2, 0) is 26.2 Å². The minimum absolute atomic E-state index is 0. The summed E-state index contributed by atoms with van der Waals surface area (Å²) in [5.41, 5.74) is 2.50. The van der Waals surface area contributed by atoms with Crippen molar-refractivity contribution in [3.63, 3.8) is 0 Å². The van der Waals surface area contributed by atoms with Crippen LogP contribution in [0.15, 0.2) is 35.9 Å². The van der Waals surface area contributed by atoms with Gasteiger partial charge in [-0.15, -0.1) is 12.1 Å². The molecule has 3 rings (SSSR count). The van der Waals surface area contributed by atoms with Crippen LogP contribution < -0.4 is 0 Å². The molecule has 128 valence electrons. The maximum Gasteiger partial charge on any atom is 2.00 e. The van der Waals surface area contributed by atoms with Crippen molar-refractivity contribution in [2.75, 3.05) is 0 Å². The summed E-state index contributed by atoms with van der Waals surface area (Å²) in [7, 11) is 0. The molecule has 0 atom stereocenters. The Labute approximate surface area is 177 Å². The first kappa shape index (κ1) is 24.8. The first-order valence-corrected chi connectivity index (χ1v) is 8.66. The minimum Gasteiger partial charge on any atom is -0.340 e. The molecule has 0 nitrogen and oxygen atoms in total. The fourth-order valence-corrected chi connectivity index (χ4v) is 2.01. The monoisotopic (exact) mass is 406 g/mol. The first-order chi connectivity index (χ1) is 11.9. The Morgan fingerprint density at radius 3 is 1.60 bits per heavy atom. The summed E-state index contributed by atoms with van der Waals surface area (Å²) in [4.78, 5) is 0. The SMILES string of the molecule is [CH2-]CC(=[C-]c1ccccc1)CCCC.[CH]1[CH][CH][CH][CH]1.[CH]1[CH][CH][CH][CH]1.[Zr+2]. The number of hydrogen-bond donors (Lipinski definition) is 0. The Bertz CT molecular complexity index is 374. The van der Waals surface area contributed by atoms with Crippen LogP contribution in [0.1, 0.15) is 38.2 Å². The maximum absolute atomic E-state index is 3.94. The number of unbranched alkanes of at least 4 members (excludes halogenated alkanes) is 1. The van der Waals surface area contributed by atoms with Gasteiger partial charge in [0.05, 0.1) is 0 Å². The molecular weight excluding hydrogens is 379 g/mol. The second kappa shape index (κ2) is 18.6. The van der Waals surface area contributed by atoms with Crippen molar-refractivity contribution >= 4 is 0 Å². The Hall–Kier alpha value is -0.157. The molecule has 2 fully saturated rings. The van der Waals surface area contributed by atoms with Crippen LogP contribution in [0, 0.1) is 77.2 Å². The zero-order valence-electron chi connectivity index (χ0n) is 15.2. The van der Waals surface area contributed by atoms with E-state index >= 15 is 0 Å². The summed E-state index contributed by atoms with van der Waals surface area (Å²) in [6, 6.07) is 10.3. The Morgan fingerprint density at radius 2 is 1.24 bits per heavy atom. The van der Waals surface area contributed by atoms with E-state index in [0.29, 0.717) is 0 Å². The van der Waals surface area contributed by atoms with Crippen LogP contribution >= 0.6 is 0 Å². The molecule has 0 aromatic heterocycles. The van der Waals surface area contributed by atoms with Crippen molar-refractivity contribution in [2.24, 2.45) is 0 Å². The quantitative estimate of drug-likeness (QED) is 0.508. The molecule has 2 aliphatic carbocycles. The summed E-state index contributed by atoms with van der Waals surface area (Å²) >= 11 is 0. The van der Waals surface area contributed by atoms with Gasteiger partial charge in [0.1, 0.15) is 0 Å². The smallest absolute Gasteiger partial charge is 0.340 e. The van der Waals surface area contributed by atoms with Gasteiger partial charge in [-0.1, -0.05) is 25.8 Å². The fraction of sp³-hybridized carbons (Fsp3) is 0.208. The van der Waals surface area contributed by atoms with Gasteiger partial charge in [-0.25, -0.2) is 0 Å². The van der Waals surface area contributed by atoms with Gasteiger partial charge in [0, 0.05) is 0 Å². The van der Waals surface area contributed by atoms with Crippen molar-refractivity contribution < 1.29 is 26.2 Å². The van der Waals surface area contributed by atoms with Crippen molar-refractivity contribution in [3.8, 4) is 0 Å². The number of benzene rings is 1. The summed E-state index contributed by atoms with van der Waals surface area (Å²) in [5, 5.41) is 0. The molecule has 2 saturated carbocycles. The van der Waals surface area contributed by atoms with Gasteiger partial charge in [0.25, 0.3) is 0 Å². The van der Waals surface area contributed by atoms with E-state index in [0.717, 1.165) is 12.8 Å². The third kappa shape index (κ3) is 14.7. The molecule has 0 spiro atoms. The van der Waals surface area contributed by atoms with E-state index in [4.69, 9.17) is 0 Å². The number of allylic oxidation sites excluding steroid dienone is 1. The topological polar surface area (TPSA) is 0 Å². The van der Waals surface area contributed by atoms with E-state index in [1.807, 2.05) is 82.4 Å². The molecule has 1 aromatic carbocycles. The molecule has 0 heterocycles. The van der Waals surface area contributed by atoms with Gasteiger partial charge < -0.3 is 6.92 Å². The van der Waals surface area contributed by atoms with E-state index in [-0.39, 0.29) is 26.2 Å². The molecule has 0 amide bonds. The number of rotatable bonds is 5. The van der Waals surface area contributed by atoms with Crippen molar-refractivity contribution in [1.29, 1.82) is 0 Å². The van der Waals surface area contributed by atoms with Crippen LogP contribution in [0.4, 0.5) is 0 Å². The van der Waals surface area contributed by atoms with E-state index < -0.39 is 0 Å². The van der Waals surface area contributed by atoms with Crippen molar-refractivity contribution in [1.82, 2.24) is 0 Å². The molecule has 0 aliphatic heterocycles.